The zero-order valence-corrected chi connectivity index (χ0v) is 14.7. The molecule has 0 atom stereocenters. The first-order valence-corrected chi connectivity index (χ1v) is 8.53. The second-order valence-corrected chi connectivity index (χ2v) is 6.79. The van der Waals surface area contributed by atoms with Crippen LogP contribution in [0.4, 0.5) is 5.69 Å². The minimum atomic E-state index is -0.511. The van der Waals surface area contributed by atoms with Gasteiger partial charge in [-0.25, -0.2) is 0 Å². The van der Waals surface area contributed by atoms with Crippen molar-refractivity contribution in [3.8, 4) is 5.75 Å². The smallest absolute Gasteiger partial charge is 0.286 e. The molecule has 1 N–H and O–H groups in total. The average molecular weight is 385 g/mol. The molecule has 1 heterocycles. The van der Waals surface area contributed by atoms with Gasteiger partial charge in [0.2, 0.25) is 0 Å². The number of nitrogens with zero attached hydrogens (tertiary/aromatic N) is 3. The molecule has 0 spiro atoms. The molecule has 3 rings (SSSR count). The molecule has 0 unspecified atom stereocenters. The third kappa shape index (κ3) is 3.63. The fourth-order valence-electron chi connectivity index (χ4n) is 2.19. The van der Waals surface area contributed by atoms with Crippen LogP contribution >= 0.6 is 24.0 Å². The highest BCUT2D eigenvalue weighted by atomic mass is 32.2. The number of phenols is 1. The number of phenolic OH excluding ortho intramolecular Hbond substituents is 1. The first-order valence-electron chi connectivity index (χ1n) is 7.30. The molecule has 1 amide bonds. The van der Waals surface area contributed by atoms with Gasteiger partial charge in [0.15, 0.2) is 4.32 Å². The van der Waals surface area contributed by atoms with E-state index in [0.717, 1.165) is 16.8 Å². The Kier molecular flexibility index (Phi) is 5.10. The van der Waals surface area contributed by atoms with Crippen molar-refractivity contribution < 1.29 is 14.8 Å². The largest absolute Gasteiger partial charge is 0.507 e. The van der Waals surface area contributed by atoms with Gasteiger partial charge in [0, 0.05) is 11.6 Å². The molecular formula is C17H11N3O4S2. The Labute approximate surface area is 157 Å². The Hall–Kier alpha value is -3.04. The highest BCUT2D eigenvalue weighted by Gasteiger charge is 2.32. The van der Waals surface area contributed by atoms with Gasteiger partial charge in [0.05, 0.1) is 21.6 Å². The van der Waals surface area contributed by atoms with Crippen LogP contribution in [-0.2, 0) is 4.79 Å². The van der Waals surface area contributed by atoms with Crippen LogP contribution in [-0.4, -0.2) is 31.5 Å². The standard InChI is InChI=1S/C17H11N3O4S2/c21-14-8-4-2-6-12(14)10-18-19-16(22)15(26-17(19)25)9-11-5-1-3-7-13(11)20(23)24/h1-10,21H/b15-9+,18-10+. The molecule has 1 fully saturated rings. The summed E-state index contributed by atoms with van der Waals surface area (Å²) in [6.07, 6.45) is 2.75. The Bertz CT molecular complexity index is 972. The van der Waals surface area contributed by atoms with Crippen LogP contribution in [0, 0.1) is 10.1 Å². The van der Waals surface area contributed by atoms with Crippen LogP contribution in [0.15, 0.2) is 58.5 Å². The SMILES string of the molecule is O=C1/C(=C\c2ccccc2[N+](=O)[O-])SC(=S)N1/N=C/c1ccccc1O. The summed E-state index contributed by atoms with van der Waals surface area (Å²) in [5.74, 6) is -0.457. The number of hydrogen-bond donors (Lipinski definition) is 1. The highest BCUT2D eigenvalue weighted by Crippen LogP contribution is 2.34. The van der Waals surface area contributed by atoms with Gasteiger partial charge < -0.3 is 5.11 Å². The van der Waals surface area contributed by atoms with E-state index in [2.05, 4.69) is 5.10 Å². The van der Waals surface area contributed by atoms with Crippen molar-refractivity contribution in [2.45, 2.75) is 0 Å². The van der Waals surface area contributed by atoms with E-state index in [1.165, 1.54) is 24.4 Å². The molecule has 0 aromatic heterocycles. The Balaban J connectivity index is 1.88. The monoisotopic (exact) mass is 385 g/mol. The van der Waals surface area contributed by atoms with Crippen molar-refractivity contribution in [3.63, 3.8) is 0 Å². The minimum Gasteiger partial charge on any atom is -0.507 e. The normalized spacial score (nSPS) is 16.0. The highest BCUT2D eigenvalue weighted by molar-refractivity contribution is 8.26. The van der Waals surface area contributed by atoms with Gasteiger partial charge in [-0.15, -0.1) is 0 Å². The molecule has 1 saturated heterocycles. The van der Waals surface area contributed by atoms with E-state index >= 15 is 0 Å². The van der Waals surface area contributed by atoms with Crippen molar-refractivity contribution in [2.75, 3.05) is 0 Å². The number of amides is 1. The van der Waals surface area contributed by atoms with E-state index < -0.39 is 10.8 Å². The molecular weight excluding hydrogens is 374 g/mol. The summed E-state index contributed by atoms with van der Waals surface area (Å²) >= 11 is 6.17. The molecule has 2 aromatic rings. The zero-order chi connectivity index (χ0) is 18.7. The van der Waals surface area contributed by atoms with Gasteiger partial charge >= 0.3 is 0 Å². The van der Waals surface area contributed by atoms with Crippen LogP contribution in [0.25, 0.3) is 6.08 Å². The number of nitro groups is 1. The molecule has 1 aliphatic heterocycles. The number of para-hydroxylation sites is 2. The second-order valence-electron chi connectivity index (χ2n) is 5.11. The summed E-state index contributed by atoms with van der Waals surface area (Å²) in [7, 11) is 0. The van der Waals surface area contributed by atoms with Crippen molar-refractivity contribution in [1.82, 2.24) is 5.01 Å². The van der Waals surface area contributed by atoms with E-state index in [1.807, 2.05) is 0 Å². The molecule has 1 aliphatic rings. The van der Waals surface area contributed by atoms with E-state index in [1.54, 1.807) is 36.4 Å². The topological polar surface area (TPSA) is 96.0 Å². The summed E-state index contributed by atoms with van der Waals surface area (Å²) in [5, 5.41) is 25.9. The summed E-state index contributed by atoms with van der Waals surface area (Å²) in [4.78, 5) is 23.3. The summed E-state index contributed by atoms with van der Waals surface area (Å²) in [5.41, 5.74) is 0.641. The lowest BCUT2D eigenvalue weighted by molar-refractivity contribution is -0.385. The van der Waals surface area contributed by atoms with Crippen LogP contribution in [0.1, 0.15) is 11.1 Å². The maximum absolute atomic E-state index is 12.5. The molecule has 0 saturated carbocycles. The van der Waals surface area contributed by atoms with Gasteiger partial charge in [-0.2, -0.15) is 10.1 Å². The van der Waals surface area contributed by atoms with Crippen LogP contribution in [0.5, 0.6) is 5.75 Å². The molecule has 130 valence electrons. The van der Waals surface area contributed by atoms with Gasteiger partial charge in [-0.1, -0.05) is 36.0 Å². The number of hydrogen-bond acceptors (Lipinski definition) is 7. The molecule has 0 radical (unpaired) electrons. The van der Waals surface area contributed by atoms with Gasteiger partial charge in [-0.3, -0.25) is 14.9 Å². The molecule has 26 heavy (non-hydrogen) atoms. The molecule has 7 nitrogen and oxygen atoms in total. The predicted octanol–water partition coefficient (Wildman–Crippen LogP) is 3.54. The van der Waals surface area contributed by atoms with Gasteiger partial charge in [0.25, 0.3) is 11.6 Å². The second kappa shape index (κ2) is 7.46. The number of hydrazone groups is 1. The van der Waals surface area contributed by atoms with E-state index in [9.17, 15) is 20.0 Å². The maximum Gasteiger partial charge on any atom is 0.286 e. The van der Waals surface area contributed by atoms with Crippen LogP contribution in [0.3, 0.4) is 0 Å². The number of thiocarbonyl (C=S) groups is 1. The first kappa shape index (κ1) is 17.8. The fourth-order valence-corrected chi connectivity index (χ4v) is 3.36. The lowest BCUT2D eigenvalue weighted by atomic mass is 10.1. The number of carbonyl (C=O) groups excluding carboxylic acids is 1. The first-order chi connectivity index (χ1) is 12.5. The number of carbonyl (C=O) groups is 1. The van der Waals surface area contributed by atoms with Gasteiger partial charge in [-0.05, 0) is 36.5 Å². The van der Waals surface area contributed by atoms with Crippen molar-refractivity contribution in [1.29, 1.82) is 0 Å². The average Bonchev–Trinajstić information content (AvgIpc) is 2.88. The van der Waals surface area contributed by atoms with E-state index in [4.69, 9.17) is 12.2 Å². The third-order valence-electron chi connectivity index (χ3n) is 3.44. The number of nitro benzene ring substituents is 1. The van der Waals surface area contributed by atoms with Crippen molar-refractivity contribution in [2.24, 2.45) is 5.10 Å². The number of rotatable bonds is 4. The van der Waals surface area contributed by atoms with Crippen LogP contribution in [0.2, 0.25) is 0 Å². The van der Waals surface area contributed by atoms with Crippen molar-refractivity contribution in [3.05, 3.63) is 74.7 Å². The van der Waals surface area contributed by atoms with Crippen molar-refractivity contribution >= 4 is 52.2 Å². The molecule has 9 heteroatoms. The van der Waals surface area contributed by atoms with E-state index in [0.29, 0.717) is 11.1 Å². The Morgan fingerprint density at radius 3 is 2.50 bits per heavy atom. The lowest BCUT2D eigenvalue weighted by Crippen LogP contribution is -2.22. The lowest BCUT2D eigenvalue weighted by Gasteiger charge is -2.06. The zero-order valence-electron chi connectivity index (χ0n) is 13.1. The summed E-state index contributed by atoms with van der Waals surface area (Å²) in [6.45, 7) is 0. The third-order valence-corrected chi connectivity index (χ3v) is 4.73. The minimum absolute atomic E-state index is 0.0251. The van der Waals surface area contributed by atoms with Gasteiger partial charge in [0.1, 0.15) is 5.75 Å². The predicted molar refractivity (Wildman–Crippen MR) is 104 cm³/mol. The van der Waals surface area contributed by atoms with E-state index in [-0.39, 0.29) is 20.7 Å². The quantitative estimate of drug-likeness (QED) is 0.284. The number of aromatic hydroxyl groups is 1. The fraction of sp³-hybridized carbons (Fsp3) is 0. The number of benzene rings is 2. The summed E-state index contributed by atoms with van der Waals surface area (Å²) in [6, 6.07) is 12.6. The molecule has 0 bridgehead atoms. The maximum atomic E-state index is 12.5. The number of thioether (sulfide) groups is 1. The summed E-state index contributed by atoms with van der Waals surface area (Å²) < 4.78 is 0.200. The Morgan fingerprint density at radius 2 is 1.81 bits per heavy atom. The van der Waals surface area contributed by atoms with Crippen LogP contribution < -0.4 is 0 Å². The Morgan fingerprint density at radius 1 is 1.15 bits per heavy atom. The molecule has 2 aromatic carbocycles. The molecule has 0 aliphatic carbocycles.